The van der Waals surface area contributed by atoms with E-state index in [1.807, 2.05) is 13.0 Å². The zero-order valence-corrected chi connectivity index (χ0v) is 15.4. The summed E-state index contributed by atoms with van der Waals surface area (Å²) in [5, 5.41) is 9.96. The van der Waals surface area contributed by atoms with E-state index in [9.17, 15) is 18.0 Å². The second-order valence-electron chi connectivity index (χ2n) is 6.17. The van der Waals surface area contributed by atoms with E-state index in [-0.39, 0.29) is 11.3 Å². The topological polar surface area (TPSA) is 46.5 Å². The van der Waals surface area contributed by atoms with Crippen molar-refractivity contribution < 1.29 is 27.8 Å². The summed E-state index contributed by atoms with van der Waals surface area (Å²) in [6.07, 6.45) is -6.07. The van der Waals surface area contributed by atoms with Crippen molar-refractivity contribution in [2.45, 2.75) is 25.6 Å². The number of aryl methyl sites for hydroxylation is 1. The highest BCUT2D eigenvalue weighted by molar-refractivity contribution is 6.31. The van der Waals surface area contributed by atoms with Gasteiger partial charge in [-0.1, -0.05) is 29.3 Å². The molecule has 2 aromatic rings. The highest BCUT2D eigenvalue weighted by Gasteiger charge is 2.48. The third kappa shape index (κ3) is 4.06. The molecule has 0 radical (unpaired) electrons. The summed E-state index contributed by atoms with van der Waals surface area (Å²) in [5.74, 6) is -1.76. The summed E-state index contributed by atoms with van der Waals surface area (Å²) in [7, 11) is 0. The molecule has 3 nitrogen and oxygen atoms in total. The van der Waals surface area contributed by atoms with Gasteiger partial charge >= 0.3 is 12.1 Å². The highest BCUT2D eigenvalue weighted by atomic mass is 35.5. The van der Waals surface area contributed by atoms with Gasteiger partial charge in [-0.3, -0.25) is 0 Å². The fraction of sp³-hybridized carbons (Fsp3) is 0.211. The van der Waals surface area contributed by atoms with Gasteiger partial charge in [0.25, 0.3) is 0 Å². The Labute approximate surface area is 163 Å². The van der Waals surface area contributed by atoms with Crippen molar-refractivity contribution in [2.24, 2.45) is 0 Å². The second kappa shape index (κ2) is 7.09. The lowest BCUT2D eigenvalue weighted by Crippen LogP contribution is -2.40. The lowest BCUT2D eigenvalue weighted by Gasteiger charge is -2.27. The Morgan fingerprint density at radius 2 is 1.89 bits per heavy atom. The molecule has 0 aromatic heterocycles. The van der Waals surface area contributed by atoms with Gasteiger partial charge in [0.1, 0.15) is 5.75 Å². The Hall–Kier alpha value is -2.18. The van der Waals surface area contributed by atoms with Gasteiger partial charge in [0.05, 0.1) is 5.57 Å². The number of alkyl halides is 3. The number of ether oxygens (including phenoxy) is 1. The zero-order valence-electron chi connectivity index (χ0n) is 13.9. The van der Waals surface area contributed by atoms with Crippen LogP contribution in [0.4, 0.5) is 13.2 Å². The number of carbonyl (C=O) groups is 1. The fourth-order valence-corrected chi connectivity index (χ4v) is 3.34. The molecular weight excluding hydrogens is 404 g/mol. The van der Waals surface area contributed by atoms with Crippen molar-refractivity contribution in [3.63, 3.8) is 0 Å². The average Bonchev–Trinajstić information content (AvgIpc) is 2.55. The van der Waals surface area contributed by atoms with E-state index < -0.39 is 23.8 Å². The van der Waals surface area contributed by atoms with E-state index in [4.69, 9.17) is 33.0 Å². The van der Waals surface area contributed by atoms with Crippen molar-refractivity contribution >= 4 is 35.2 Å². The summed E-state index contributed by atoms with van der Waals surface area (Å²) in [6, 6.07) is 8.14. The van der Waals surface area contributed by atoms with E-state index in [0.29, 0.717) is 22.0 Å². The Bertz CT molecular complexity index is 952. The molecule has 1 unspecified atom stereocenters. The Balaban J connectivity index is 2.02. The molecule has 1 aliphatic heterocycles. The van der Waals surface area contributed by atoms with Gasteiger partial charge in [-0.05, 0) is 60.4 Å². The first-order valence-corrected chi connectivity index (χ1v) is 8.57. The quantitative estimate of drug-likeness (QED) is 0.699. The van der Waals surface area contributed by atoms with Gasteiger partial charge in [0.15, 0.2) is 0 Å². The molecule has 1 aliphatic rings. The molecule has 0 saturated carbocycles. The number of carboxylic acid groups (broad SMARTS) is 1. The molecule has 0 saturated heterocycles. The van der Waals surface area contributed by atoms with Gasteiger partial charge in [-0.2, -0.15) is 13.2 Å². The van der Waals surface area contributed by atoms with E-state index >= 15 is 0 Å². The fourth-order valence-electron chi connectivity index (χ4n) is 2.87. The minimum absolute atomic E-state index is 0.0617. The number of hydrogen-bond donors (Lipinski definition) is 1. The number of fused-ring (bicyclic) bond motifs is 1. The number of benzene rings is 2. The smallest absolute Gasteiger partial charge is 0.430 e. The average molecular weight is 417 g/mol. The largest absolute Gasteiger partial charge is 0.478 e. The molecule has 0 bridgehead atoms. The molecule has 142 valence electrons. The molecule has 1 atom stereocenters. The molecule has 0 aliphatic carbocycles. The lowest BCUT2D eigenvalue weighted by atomic mass is 9.96. The minimum Gasteiger partial charge on any atom is -0.478 e. The number of carboxylic acids is 1. The highest BCUT2D eigenvalue weighted by Crippen LogP contribution is 2.40. The summed E-state index contributed by atoms with van der Waals surface area (Å²) >= 11 is 12.2. The van der Waals surface area contributed by atoms with Crippen molar-refractivity contribution in [2.75, 3.05) is 0 Å². The predicted octanol–water partition coefficient (Wildman–Crippen LogP) is 5.68. The third-order valence-corrected chi connectivity index (χ3v) is 4.83. The van der Waals surface area contributed by atoms with Crippen LogP contribution >= 0.6 is 23.2 Å². The lowest BCUT2D eigenvalue weighted by molar-refractivity contribution is -0.187. The maximum atomic E-state index is 13.2. The third-order valence-electron chi connectivity index (χ3n) is 4.25. The van der Waals surface area contributed by atoms with Crippen molar-refractivity contribution in [3.05, 3.63) is 68.2 Å². The number of rotatable bonds is 3. The Kier molecular flexibility index (Phi) is 5.14. The van der Waals surface area contributed by atoms with Crippen molar-refractivity contribution in [1.82, 2.24) is 0 Å². The van der Waals surface area contributed by atoms with Gasteiger partial charge in [0.2, 0.25) is 6.10 Å². The first-order valence-electron chi connectivity index (χ1n) is 7.82. The van der Waals surface area contributed by atoms with Crippen LogP contribution in [-0.2, 0) is 11.2 Å². The van der Waals surface area contributed by atoms with Crippen LogP contribution in [0.1, 0.15) is 22.3 Å². The van der Waals surface area contributed by atoms with Crippen LogP contribution in [0.5, 0.6) is 5.75 Å². The van der Waals surface area contributed by atoms with Crippen LogP contribution in [0.3, 0.4) is 0 Å². The number of hydrogen-bond acceptors (Lipinski definition) is 2. The number of halogens is 5. The molecule has 8 heteroatoms. The SMILES string of the molecule is Cc1cc(Cl)ccc1Cc1cc2c(cc1Cl)C=C(C(=O)O)C(C(F)(F)F)O2. The summed E-state index contributed by atoms with van der Waals surface area (Å²) in [6.45, 7) is 1.87. The van der Waals surface area contributed by atoms with Gasteiger partial charge in [-0.25, -0.2) is 4.79 Å². The van der Waals surface area contributed by atoms with Crippen LogP contribution in [0.2, 0.25) is 10.0 Å². The summed E-state index contributed by atoms with van der Waals surface area (Å²) in [5.41, 5.74) is 1.69. The number of aliphatic carboxylic acids is 1. The first-order chi connectivity index (χ1) is 12.6. The van der Waals surface area contributed by atoms with Gasteiger partial charge in [0, 0.05) is 15.6 Å². The minimum atomic E-state index is -4.85. The molecule has 27 heavy (non-hydrogen) atoms. The molecule has 1 N–H and O–H groups in total. The standard InChI is InChI=1S/C19H13Cl2F3O3/c1-9-4-13(20)3-2-10(9)5-11-8-16-12(7-15(11)21)6-14(18(25)26)17(27-16)19(22,23)24/h2-4,6-8,17H,5H2,1H3,(H,25,26). The van der Waals surface area contributed by atoms with Crippen LogP contribution in [0, 0.1) is 6.92 Å². The van der Waals surface area contributed by atoms with Crippen LogP contribution in [0.15, 0.2) is 35.9 Å². The molecular formula is C19H13Cl2F3O3. The Morgan fingerprint density at radius 1 is 1.19 bits per heavy atom. The zero-order chi connectivity index (χ0) is 19.9. The maximum Gasteiger partial charge on any atom is 0.430 e. The van der Waals surface area contributed by atoms with Crippen molar-refractivity contribution in [3.8, 4) is 5.75 Å². The van der Waals surface area contributed by atoms with Crippen LogP contribution < -0.4 is 4.74 Å². The van der Waals surface area contributed by atoms with Gasteiger partial charge in [-0.15, -0.1) is 0 Å². The maximum absolute atomic E-state index is 13.2. The summed E-state index contributed by atoms with van der Waals surface area (Å²) < 4.78 is 44.6. The van der Waals surface area contributed by atoms with E-state index in [1.165, 1.54) is 12.1 Å². The normalized spacial score (nSPS) is 16.4. The van der Waals surface area contributed by atoms with Crippen molar-refractivity contribution in [1.29, 1.82) is 0 Å². The van der Waals surface area contributed by atoms with Gasteiger partial charge < -0.3 is 9.84 Å². The van der Waals surface area contributed by atoms with Crippen LogP contribution in [0.25, 0.3) is 6.08 Å². The monoisotopic (exact) mass is 416 g/mol. The van der Waals surface area contributed by atoms with E-state index in [1.54, 1.807) is 12.1 Å². The molecule has 0 amide bonds. The van der Waals surface area contributed by atoms with E-state index in [0.717, 1.165) is 17.2 Å². The molecule has 0 fully saturated rings. The van der Waals surface area contributed by atoms with E-state index in [2.05, 4.69) is 0 Å². The molecule has 2 aromatic carbocycles. The summed E-state index contributed by atoms with van der Waals surface area (Å²) in [4.78, 5) is 11.2. The molecule has 1 heterocycles. The first kappa shape index (κ1) is 19.6. The van der Waals surface area contributed by atoms with Crippen LogP contribution in [-0.4, -0.2) is 23.4 Å². The predicted molar refractivity (Wildman–Crippen MR) is 96.5 cm³/mol. The molecule has 0 spiro atoms. The second-order valence-corrected chi connectivity index (χ2v) is 7.02. The Morgan fingerprint density at radius 3 is 2.48 bits per heavy atom. The molecule has 3 rings (SSSR count).